The quantitative estimate of drug-likeness (QED) is 0.0373. The van der Waals surface area contributed by atoms with Crippen LogP contribution < -0.4 is 0 Å². The summed E-state index contributed by atoms with van der Waals surface area (Å²) < 4.78 is 10.8. The van der Waals surface area contributed by atoms with E-state index in [0.29, 0.717) is 12.8 Å². The number of allylic oxidation sites excluding steroid dienone is 16. The summed E-state index contributed by atoms with van der Waals surface area (Å²) in [6.07, 6.45) is 97.1. The maximum absolute atomic E-state index is 12.4. The van der Waals surface area contributed by atoms with Crippen molar-refractivity contribution in [3.05, 3.63) is 97.2 Å². The van der Waals surface area contributed by atoms with Crippen LogP contribution in [0.15, 0.2) is 97.2 Å². The molecule has 5 heteroatoms. The van der Waals surface area contributed by atoms with Crippen LogP contribution in [0.1, 0.15) is 335 Å². The van der Waals surface area contributed by atoms with E-state index in [1.54, 1.807) is 0 Å². The van der Waals surface area contributed by atoms with Crippen molar-refractivity contribution in [2.24, 2.45) is 0 Å². The fourth-order valence-electron chi connectivity index (χ4n) is 9.83. The smallest absolute Gasteiger partial charge is 0.306 e. The SMILES string of the molecule is CC/C=C\C/C=C\C/C=C\C/C=C\C/C=C\CCCCCCCCCCCCCCCCCCCCCCCC(=O)OC(CO)COC(=O)CCCCCCCCCCCCCC/C=C\C/C=C\C/C=C\CCCCCCC. The van der Waals surface area contributed by atoms with Crippen LogP contribution >= 0.6 is 0 Å². The van der Waals surface area contributed by atoms with Gasteiger partial charge in [0.15, 0.2) is 6.10 Å². The highest BCUT2D eigenvalue weighted by Gasteiger charge is 2.16. The molecule has 0 aromatic heterocycles. The number of carbonyl (C=O) groups excluding carboxylic acids is 2. The number of esters is 2. The number of hydrogen-bond acceptors (Lipinski definition) is 5. The molecule has 0 saturated carbocycles. The van der Waals surface area contributed by atoms with Crippen LogP contribution in [0.2, 0.25) is 0 Å². The lowest BCUT2D eigenvalue weighted by atomic mass is 10.0. The standard InChI is InChI=1S/C73H128O5/c1-3-5-7-9-11-13-15-17-19-21-23-25-27-29-31-32-33-34-35-36-37-38-39-40-42-44-46-48-50-52-54-56-58-60-62-64-66-68-73(76)78-71(69-74)70-77-72(75)67-65-63-61-59-57-55-53-51-49-47-45-43-41-30-28-26-24-22-20-18-16-14-12-10-8-6-4-2/h5,7,11,13,16-19,22-25,28-31,71,74H,3-4,6,8-10,12,14-15,20-21,26-27,32-70H2,1-2H3/b7-5-,13-11-,18-16-,19-17-,24-22-,25-23-,30-28-,31-29-. The molecule has 1 N–H and O–H groups in total. The van der Waals surface area contributed by atoms with E-state index in [1.807, 2.05) is 0 Å². The highest BCUT2D eigenvalue weighted by Crippen LogP contribution is 2.18. The molecule has 0 radical (unpaired) electrons. The van der Waals surface area contributed by atoms with Gasteiger partial charge in [-0.1, -0.05) is 323 Å². The van der Waals surface area contributed by atoms with Crippen molar-refractivity contribution in [3.8, 4) is 0 Å². The predicted molar refractivity (Wildman–Crippen MR) is 343 cm³/mol. The van der Waals surface area contributed by atoms with Gasteiger partial charge in [0, 0.05) is 12.8 Å². The summed E-state index contributed by atoms with van der Waals surface area (Å²) in [6.45, 7) is 4.05. The molecule has 0 aliphatic heterocycles. The van der Waals surface area contributed by atoms with Crippen LogP contribution in [-0.2, 0) is 19.1 Å². The molecule has 0 rings (SSSR count). The lowest BCUT2D eigenvalue weighted by molar-refractivity contribution is -0.161. The lowest BCUT2D eigenvalue weighted by Crippen LogP contribution is -2.28. The van der Waals surface area contributed by atoms with E-state index in [1.165, 1.54) is 225 Å². The van der Waals surface area contributed by atoms with Crippen LogP contribution in [0.5, 0.6) is 0 Å². The highest BCUT2D eigenvalue weighted by atomic mass is 16.6. The molecule has 450 valence electrons. The highest BCUT2D eigenvalue weighted by molar-refractivity contribution is 5.70. The summed E-state index contributed by atoms with van der Waals surface area (Å²) in [4.78, 5) is 24.6. The molecule has 0 aromatic rings. The van der Waals surface area contributed by atoms with Crippen LogP contribution in [0, 0.1) is 0 Å². The Hall–Kier alpha value is -3.18. The molecule has 0 fully saturated rings. The summed E-state index contributed by atoms with van der Waals surface area (Å²) in [6, 6.07) is 0. The van der Waals surface area contributed by atoms with Crippen molar-refractivity contribution in [1.29, 1.82) is 0 Å². The Morgan fingerprint density at radius 2 is 0.551 bits per heavy atom. The monoisotopic (exact) mass is 1080 g/mol. The minimum atomic E-state index is -0.777. The number of rotatable bonds is 62. The molecule has 5 nitrogen and oxygen atoms in total. The molecule has 0 aliphatic carbocycles. The van der Waals surface area contributed by atoms with Gasteiger partial charge in [-0.3, -0.25) is 9.59 Å². The molecule has 0 bridgehead atoms. The van der Waals surface area contributed by atoms with Crippen molar-refractivity contribution >= 4 is 11.9 Å². The summed E-state index contributed by atoms with van der Waals surface area (Å²) in [7, 11) is 0. The van der Waals surface area contributed by atoms with Gasteiger partial charge in [-0.05, 0) is 96.3 Å². The molecular weight excluding hydrogens is 957 g/mol. The number of ether oxygens (including phenoxy) is 2. The predicted octanol–water partition coefficient (Wildman–Crippen LogP) is 23.4. The molecule has 0 amide bonds. The first kappa shape index (κ1) is 74.8. The maximum Gasteiger partial charge on any atom is 0.306 e. The molecule has 1 unspecified atom stereocenters. The first-order chi connectivity index (χ1) is 38.6. The number of aliphatic hydroxyl groups is 1. The Bertz CT molecular complexity index is 1460. The first-order valence-electron chi connectivity index (χ1n) is 33.8. The second-order valence-electron chi connectivity index (χ2n) is 22.5. The van der Waals surface area contributed by atoms with E-state index in [2.05, 4.69) is 111 Å². The van der Waals surface area contributed by atoms with Crippen LogP contribution in [0.25, 0.3) is 0 Å². The Morgan fingerprint density at radius 1 is 0.308 bits per heavy atom. The molecule has 0 aliphatic rings. The van der Waals surface area contributed by atoms with Crippen molar-refractivity contribution in [3.63, 3.8) is 0 Å². The molecule has 78 heavy (non-hydrogen) atoms. The van der Waals surface area contributed by atoms with Crippen LogP contribution in [0.4, 0.5) is 0 Å². The van der Waals surface area contributed by atoms with Gasteiger partial charge in [0.1, 0.15) is 6.61 Å². The number of carbonyl (C=O) groups is 2. The topological polar surface area (TPSA) is 72.8 Å². The third kappa shape index (κ3) is 65.3. The summed E-state index contributed by atoms with van der Waals surface area (Å²) in [5, 5.41) is 9.70. The molecule has 0 saturated heterocycles. The zero-order valence-electron chi connectivity index (χ0n) is 51.7. The normalized spacial score (nSPS) is 12.8. The van der Waals surface area contributed by atoms with Crippen molar-refractivity contribution in [2.75, 3.05) is 13.2 Å². The Balaban J connectivity index is 3.44. The van der Waals surface area contributed by atoms with E-state index in [0.717, 1.165) is 83.5 Å². The summed E-state index contributed by atoms with van der Waals surface area (Å²) in [5.74, 6) is -0.580. The average Bonchev–Trinajstić information content (AvgIpc) is 3.44. The molecule has 0 aromatic carbocycles. The van der Waals surface area contributed by atoms with Gasteiger partial charge in [0.05, 0.1) is 6.61 Å². The van der Waals surface area contributed by atoms with Gasteiger partial charge in [0.2, 0.25) is 0 Å². The third-order valence-corrected chi connectivity index (χ3v) is 14.9. The van der Waals surface area contributed by atoms with Gasteiger partial charge >= 0.3 is 11.9 Å². The Morgan fingerprint density at radius 3 is 0.833 bits per heavy atom. The van der Waals surface area contributed by atoms with Crippen LogP contribution in [-0.4, -0.2) is 36.4 Å². The van der Waals surface area contributed by atoms with E-state index >= 15 is 0 Å². The minimum absolute atomic E-state index is 0.0664. The van der Waals surface area contributed by atoms with E-state index in [9.17, 15) is 14.7 Å². The lowest BCUT2D eigenvalue weighted by Gasteiger charge is -2.15. The molecule has 1 atom stereocenters. The van der Waals surface area contributed by atoms with Gasteiger partial charge in [-0.2, -0.15) is 0 Å². The van der Waals surface area contributed by atoms with Crippen molar-refractivity contribution in [1.82, 2.24) is 0 Å². The van der Waals surface area contributed by atoms with Gasteiger partial charge in [0.25, 0.3) is 0 Å². The average molecular weight is 1090 g/mol. The molecule has 0 spiro atoms. The third-order valence-electron chi connectivity index (χ3n) is 14.9. The minimum Gasteiger partial charge on any atom is -0.462 e. The number of unbranched alkanes of at least 4 members (excludes halogenated alkanes) is 38. The second-order valence-corrected chi connectivity index (χ2v) is 22.5. The van der Waals surface area contributed by atoms with E-state index in [-0.39, 0.29) is 25.2 Å². The zero-order chi connectivity index (χ0) is 56.2. The van der Waals surface area contributed by atoms with Crippen molar-refractivity contribution < 1.29 is 24.2 Å². The summed E-state index contributed by atoms with van der Waals surface area (Å²) in [5.41, 5.74) is 0. The van der Waals surface area contributed by atoms with Gasteiger partial charge in [-0.15, -0.1) is 0 Å². The molecule has 0 heterocycles. The fourth-order valence-corrected chi connectivity index (χ4v) is 9.83. The van der Waals surface area contributed by atoms with E-state index < -0.39 is 6.10 Å². The van der Waals surface area contributed by atoms with Crippen LogP contribution in [0.3, 0.4) is 0 Å². The largest absolute Gasteiger partial charge is 0.462 e. The molecular formula is C73H128O5. The first-order valence-corrected chi connectivity index (χ1v) is 33.8. The van der Waals surface area contributed by atoms with Gasteiger partial charge in [-0.25, -0.2) is 0 Å². The van der Waals surface area contributed by atoms with E-state index in [4.69, 9.17) is 9.47 Å². The Labute approximate surface area is 485 Å². The maximum atomic E-state index is 12.4. The summed E-state index contributed by atoms with van der Waals surface area (Å²) >= 11 is 0. The second kappa shape index (κ2) is 68.1. The zero-order valence-corrected chi connectivity index (χ0v) is 51.7. The number of aliphatic hydroxyl groups excluding tert-OH is 1. The van der Waals surface area contributed by atoms with Gasteiger partial charge < -0.3 is 14.6 Å². The number of hydrogen-bond donors (Lipinski definition) is 1. The fraction of sp³-hybridized carbons (Fsp3) is 0.753. The Kier molecular flexibility index (Phi) is 65.3. The van der Waals surface area contributed by atoms with Crippen molar-refractivity contribution in [2.45, 2.75) is 341 Å².